The molecule has 4 rings (SSSR count). The number of ether oxygens (including phenoxy) is 1. The van der Waals surface area contributed by atoms with Crippen LogP contribution in [0.1, 0.15) is 36.4 Å². The molecule has 0 amide bonds. The molecule has 1 aromatic heterocycles. The molecule has 0 aliphatic carbocycles. The van der Waals surface area contributed by atoms with E-state index in [0.29, 0.717) is 18.5 Å². The van der Waals surface area contributed by atoms with Crippen LogP contribution < -0.4 is 10.6 Å². The fourth-order valence-electron chi connectivity index (χ4n) is 3.95. The smallest absolute Gasteiger partial charge is 0.222 e. The molecule has 0 radical (unpaired) electrons. The lowest BCUT2D eigenvalue weighted by Crippen LogP contribution is -2.42. The number of nitrogens with zero attached hydrogens (tertiary/aromatic N) is 4. The summed E-state index contributed by atoms with van der Waals surface area (Å²) in [6.07, 6.45) is 2.53. The Balaban J connectivity index is 1.54. The topological polar surface area (TPSA) is 88.1 Å². The first-order chi connectivity index (χ1) is 12.7. The van der Waals surface area contributed by atoms with Crippen molar-refractivity contribution in [2.45, 2.75) is 30.6 Å². The summed E-state index contributed by atoms with van der Waals surface area (Å²) in [6, 6.07) is 14.7. The van der Waals surface area contributed by atoms with Crippen molar-refractivity contribution in [3.05, 3.63) is 47.7 Å². The van der Waals surface area contributed by atoms with E-state index in [9.17, 15) is 5.26 Å². The zero-order valence-electron chi connectivity index (χ0n) is 14.8. The molecule has 2 saturated heterocycles. The van der Waals surface area contributed by atoms with E-state index < -0.39 is 5.41 Å². The summed E-state index contributed by atoms with van der Waals surface area (Å²) < 4.78 is 5.48. The van der Waals surface area contributed by atoms with Crippen molar-refractivity contribution in [3.8, 4) is 6.07 Å². The molecular weight excluding hydrogens is 326 g/mol. The summed E-state index contributed by atoms with van der Waals surface area (Å²) in [5.74, 6) is 1.47. The van der Waals surface area contributed by atoms with E-state index in [1.54, 1.807) is 0 Å². The Hall–Kier alpha value is -2.65. The minimum Gasteiger partial charge on any atom is -0.381 e. The maximum Gasteiger partial charge on any atom is 0.222 e. The minimum absolute atomic E-state index is 0.298. The molecule has 2 aromatic rings. The van der Waals surface area contributed by atoms with E-state index in [4.69, 9.17) is 10.5 Å². The lowest BCUT2D eigenvalue weighted by molar-refractivity contribution is 0.193. The van der Waals surface area contributed by atoms with Gasteiger partial charge >= 0.3 is 0 Å². The Bertz CT molecular complexity index is 803. The normalized spacial score (nSPS) is 22.1. The predicted molar refractivity (Wildman–Crippen MR) is 99.8 cm³/mol. The Morgan fingerprint density at radius 2 is 1.96 bits per heavy atom. The molecule has 26 heavy (non-hydrogen) atoms. The van der Waals surface area contributed by atoms with Crippen LogP contribution in [0, 0.1) is 11.3 Å². The van der Waals surface area contributed by atoms with Gasteiger partial charge in [-0.15, -0.1) is 0 Å². The zero-order valence-corrected chi connectivity index (χ0v) is 14.8. The van der Waals surface area contributed by atoms with Gasteiger partial charge in [-0.1, -0.05) is 30.3 Å². The van der Waals surface area contributed by atoms with Gasteiger partial charge in [0.1, 0.15) is 5.82 Å². The predicted octanol–water partition coefficient (Wildman–Crippen LogP) is 2.62. The summed E-state index contributed by atoms with van der Waals surface area (Å²) in [7, 11) is 0. The first-order valence-corrected chi connectivity index (χ1v) is 9.14. The molecule has 2 fully saturated rings. The average Bonchev–Trinajstić information content (AvgIpc) is 3.23. The van der Waals surface area contributed by atoms with Crippen LogP contribution >= 0.6 is 0 Å². The van der Waals surface area contributed by atoms with Gasteiger partial charge in [-0.3, -0.25) is 0 Å². The van der Waals surface area contributed by atoms with Gasteiger partial charge in [-0.25, -0.2) is 4.98 Å². The monoisotopic (exact) mass is 349 g/mol. The molecule has 6 heteroatoms. The van der Waals surface area contributed by atoms with Gasteiger partial charge in [0.15, 0.2) is 0 Å². The van der Waals surface area contributed by atoms with Crippen molar-refractivity contribution in [1.29, 1.82) is 5.26 Å². The van der Waals surface area contributed by atoms with Crippen molar-refractivity contribution in [2.24, 2.45) is 0 Å². The van der Waals surface area contributed by atoms with E-state index >= 15 is 0 Å². The van der Waals surface area contributed by atoms with Gasteiger partial charge in [-0.05, 0) is 24.8 Å². The number of anilines is 2. The van der Waals surface area contributed by atoms with E-state index in [2.05, 4.69) is 33.1 Å². The highest BCUT2D eigenvalue weighted by atomic mass is 16.5. The van der Waals surface area contributed by atoms with Crippen LogP contribution in [0.3, 0.4) is 0 Å². The summed E-state index contributed by atoms with van der Waals surface area (Å²) in [6.45, 7) is 3.02. The number of hydrogen-bond donors (Lipinski definition) is 1. The molecule has 2 aliphatic heterocycles. The number of hydrogen-bond acceptors (Lipinski definition) is 6. The summed E-state index contributed by atoms with van der Waals surface area (Å²) >= 11 is 0. The molecule has 0 saturated carbocycles. The second-order valence-electron chi connectivity index (χ2n) is 7.12. The van der Waals surface area contributed by atoms with Crippen LogP contribution in [-0.4, -0.2) is 36.3 Å². The lowest BCUT2D eigenvalue weighted by atomic mass is 9.74. The lowest BCUT2D eigenvalue weighted by Gasteiger charge is -2.38. The highest BCUT2D eigenvalue weighted by Crippen LogP contribution is 2.36. The van der Waals surface area contributed by atoms with Gasteiger partial charge in [0.05, 0.1) is 23.8 Å². The fourth-order valence-corrected chi connectivity index (χ4v) is 3.95. The van der Waals surface area contributed by atoms with Crippen LogP contribution in [0.15, 0.2) is 36.4 Å². The Morgan fingerprint density at radius 3 is 2.62 bits per heavy atom. The fraction of sp³-hybridized carbons (Fsp3) is 0.450. The van der Waals surface area contributed by atoms with E-state index in [-0.39, 0.29) is 0 Å². The molecule has 134 valence electrons. The highest BCUT2D eigenvalue weighted by Gasteiger charge is 2.37. The largest absolute Gasteiger partial charge is 0.381 e. The molecular formula is C20H23N5O. The van der Waals surface area contributed by atoms with E-state index in [1.807, 2.05) is 24.3 Å². The van der Waals surface area contributed by atoms with Gasteiger partial charge in [-0.2, -0.15) is 10.2 Å². The Morgan fingerprint density at radius 1 is 1.19 bits per heavy atom. The average molecular weight is 349 g/mol. The first-order valence-electron chi connectivity index (χ1n) is 9.14. The molecule has 0 unspecified atom stereocenters. The van der Waals surface area contributed by atoms with Crippen LogP contribution in [-0.2, 0) is 10.2 Å². The van der Waals surface area contributed by atoms with Gasteiger partial charge in [0.2, 0.25) is 5.95 Å². The van der Waals surface area contributed by atoms with Crippen molar-refractivity contribution in [3.63, 3.8) is 0 Å². The molecule has 0 spiro atoms. The van der Waals surface area contributed by atoms with Crippen LogP contribution in [0.5, 0.6) is 0 Å². The summed E-state index contributed by atoms with van der Waals surface area (Å²) in [5.41, 5.74) is 7.61. The van der Waals surface area contributed by atoms with Gasteiger partial charge < -0.3 is 15.4 Å². The highest BCUT2D eigenvalue weighted by molar-refractivity contribution is 5.46. The molecule has 2 N–H and O–H groups in total. The van der Waals surface area contributed by atoms with E-state index in [1.165, 1.54) is 0 Å². The number of nitriles is 1. The van der Waals surface area contributed by atoms with Crippen LogP contribution in [0.4, 0.5) is 11.8 Å². The SMILES string of the molecule is N#CC1(c2ccccc2)CCN(c2cc([C@@H]3CCOC3)nc(N)n2)CC1. The zero-order chi connectivity index (χ0) is 18.0. The summed E-state index contributed by atoms with van der Waals surface area (Å²) in [5, 5.41) is 9.86. The maximum absolute atomic E-state index is 9.86. The Kier molecular flexibility index (Phi) is 4.48. The Labute approximate surface area is 153 Å². The number of benzene rings is 1. The van der Waals surface area contributed by atoms with Gasteiger partial charge in [0.25, 0.3) is 0 Å². The van der Waals surface area contributed by atoms with Crippen LogP contribution in [0.25, 0.3) is 0 Å². The van der Waals surface area contributed by atoms with Crippen molar-refractivity contribution in [1.82, 2.24) is 9.97 Å². The number of piperidine rings is 1. The number of rotatable bonds is 3. The van der Waals surface area contributed by atoms with Gasteiger partial charge in [0, 0.05) is 31.7 Å². The third kappa shape index (κ3) is 3.11. The van der Waals surface area contributed by atoms with Crippen molar-refractivity contribution in [2.75, 3.05) is 36.9 Å². The first kappa shape index (κ1) is 16.8. The molecule has 6 nitrogen and oxygen atoms in total. The third-order valence-electron chi connectivity index (χ3n) is 5.58. The number of nitrogens with two attached hydrogens (primary N) is 1. The molecule has 1 atom stereocenters. The second-order valence-corrected chi connectivity index (χ2v) is 7.12. The molecule has 0 bridgehead atoms. The quantitative estimate of drug-likeness (QED) is 0.916. The number of nitrogen functional groups attached to an aromatic ring is 1. The standard InChI is InChI=1S/C20H23N5O/c21-14-20(16-4-2-1-3-5-16)7-9-25(10-8-20)18-12-17(23-19(22)24-18)15-6-11-26-13-15/h1-5,12,15H,6-11,13H2,(H2,22,23,24)/t15-/m1/s1. The van der Waals surface area contributed by atoms with Crippen molar-refractivity contribution < 1.29 is 4.74 Å². The molecule has 3 heterocycles. The molecule has 2 aliphatic rings. The second kappa shape index (κ2) is 6.93. The third-order valence-corrected chi connectivity index (χ3v) is 5.58. The number of aromatic nitrogens is 2. The molecule has 1 aromatic carbocycles. The maximum atomic E-state index is 9.86. The minimum atomic E-state index is -0.418. The van der Waals surface area contributed by atoms with Crippen LogP contribution in [0.2, 0.25) is 0 Å². The summed E-state index contributed by atoms with van der Waals surface area (Å²) in [4.78, 5) is 11.1. The van der Waals surface area contributed by atoms with E-state index in [0.717, 1.165) is 56.0 Å². The van der Waals surface area contributed by atoms with Crippen molar-refractivity contribution >= 4 is 11.8 Å².